The number of aryl methyl sites for hydroxylation is 1. The molecule has 2 aromatic carbocycles. The van der Waals surface area contributed by atoms with Crippen LogP contribution in [0.1, 0.15) is 22.8 Å². The summed E-state index contributed by atoms with van der Waals surface area (Å²) >= 11 is 0. The Bertz CT molecular complexity index is 730. The van der Waals surface area contributed by atoms with E-state index in [1.807, 2.05) is 19.1 Å². The molecule has 5 nitrogen and oxygen atoms in total. The molecule has 0 saturated heterocycles. The second kappa shape index (κ2) is 8.05. The van der Waals surface area contributed by atoms with Gasteiger partial charge >= 0.3 is 0 Å². The summed E-state index contributed by atoms with van der Waals surface area (Å²) in [5, 5.41) is 0. The van der Waals surface area contributed by atoms with Crippen molar-refractivity contribution in [2.45, 2.75) is 13.3 Å². The molecule has 0 saturated carbocycles. The summed E-state index contributed by atoms with van der Waals surface area (Å²) < 4.78 is 31.5. The van der Waals surface area contributed by atoms with Crippen LogP contribution in [0.4, 0.5) is 8.78 Å². The maximum Gasteiger partial charge on any atom is 0.276 e. The molecular weight excluding hydrogens is 318 g/mol. The first-order valence-electron chi connectivity index (χ1n) is 7.25. The number of nitrogens with one attached hydrogen (secondary N) is 2. The minimum atomic E-state index is -0.883. The first-order valence-corrected chi connectivity index (χ1v) is 7.25. The van der Waals surface area contributed by atoms with Crippen molar-refractivity contribution < 1.29 is 23.1 Å². The smallest absolute Gasteiger partial charge is 0.276 e. The third-order valence-electron chi connectivity index (χ3n) is 3.15. The van der Waals surface area contributed by atoms with E-state index in [9.17, 15) is 18.4 Å². The molecule has 2 rings (SSSR count). The first-order chi connectivity index (χ1) is 11.5. The fourth-order valence-electron chi connectivity index (χ4n) is 2.00. The van der Waals surface area contributed by atoms with Gasteiger partial charge < -0.3 is 4.74 Å². The van der Waals surface area contributed by atoms with Crippen LogP contribution in [0.2, 0.25) is 0 Å². The summed E-state index contributed by atoms with van der Waals surface area (Å²) in [5.74, 6) is -2.63. The summed E-state index contributed by atoms with van der Waals surface area (Å²) in [6.07, 6.45) is 0.750. The molecule has 0 radical (unpaired) electrons. The highest BCUT2D eigenvalue weighted by Crippen LogP contribution is 2.17. The molecule has 2 amide bonds. The van der Waals surface area contributed by atoms with E-state index in [0.29, 0.717) is 11.8 Å². The Labute approximate surface area is 137 Å². The number of amides is 2. The normalized spacial score (nSPS) is 10.1. The predicted molar refractivity (Wildman–Crippen MR) is 83.3 cm³/mol. The average Bonchev–Trinajstić information content (AvgIpc) is 2.57. The van der Waals surface area contributed by atoms with Gasteiger partial charge in [-0.25, -0.2) is 8.78 Å². The average molecular weight is 334 g/mol. The molecule has 0 fully saturated rings. The topological polar surface area (TPSA) is 67.4 Å². The van der Waals surface area contributed by atoms with Crippen LogP contribution in [0.15, 0.2) is 42.5 Å². The maximum absolute atomic E-state index is 13.0. The number of carbonyl (C=O) groups is 2. The lowest BCUT2D eigenvalue weighted by molar-refractivity contribution is -0.123. The minimum Gasteiger partial charge on any atom is -0.483 e. The minimum absolute atomic E-state index is 0.245. The Hall–Kier alpha value is -2.96. The number of hydrogen-bond acceptors (Lipinski definition) is 3. The lowest BCUT2D eigenvalue weighted by Gasteiger charge is -2.11. The van der Waals surface area contributed by atoms with Gasteiger partial charge in [0.15, 0.2) is 6.61 Å². The molecule has 0 aliphatic heterocycles. The fourth-order valence-corrected chi connectivity index (χ4v) is 2.00. The van der Waals surface area contributed by atoms with Crippen molar-refractivity contribution in [2.24, 2.45) is 0 Å². The Morgan fingerprint density at radius 1 is 1.04 bits per heavy atom. The number of hydrogen-bond donors (Lipinski definition) is 2. The molecule has 0 spiro atoms. The molecule has 0 unspecified atom stereocenters. The summed E-state index contributed by atoms with van der Waals surface area (Å²) in [7, 11) is 0. The van der Waals surface area contributed by atoms with E-state index < -0.39 is 23.4 Å². The number of ether oxygens (including phenoxy) is 1. The molecule has 0 atom stereocenters. The standard InChI is InChI=1S/C17H16F2N2O3/c1-2-11-5-3-4-6-15(11)24-10-16(22)20-21-17(23)12-7-13(18)9-14(19)8-12/h3-9H,2,10H2,1H3,(H,20,22)(H,21,23). The molecule has 126 valence electrons. The van der Waals surface area contributed by atoms with Gasteiger partial charge in [-0.05, 0) is 30.2 Å². The van der Waals surface area contributed by atoms with Gasteiger partial charge in [0.2, 0.25) is 0 Å². The Morgan fingerprint density at radius 3 is 2.38 bits per heavy atom. The van der Waals surface area contributed by atoms with Crippen LogP contribution in [-0.2, 0) is 11.2 Å². The van der Waals surface area contributed by atoms with Gasteiger partial charge in [-0.1, -0.05) is 25.1 Å². The zero-order valence-corrected chi connectivity index (χ0v) is 12.9. The molecule has 2 aromatic rings. The largest absolute Gasteiger partial charge is 0.483 e. The molecular formula is C17H16F2N2O3. The van der Waals surface area contributed by atoms with Crippen LogP contribution in [0.3, 0.4) is 0 Å². The Kier molecular flexibility index (Phi) is 5.83. The number of carbonyl (C=O) groups excluding carboxylic acids is 2. The molecule has 2 N–H and O–H groups in total. The van der Waals surface area contributed by atoms with Gasteiger partial charge in [-0.2, -0.15) is 0 Å². The maximum atomic E-state index is 13.0. The van der Waals surface area contributed by atoms with Crippen molar-refractivity contribution >= 4 is 11.8 Å². The second-order valence-corrected chi connectivity index (χ2v) is 4.91. The van der Waals surface area contributed by atoms with Crippen molar-refractivity contribution in [3.63, 3.8) is 0 Å². The number of para-hydroxylation sites is 1. The van der Waals surface area contributed by atoms with E-state index >= 15 is 0 Å². The molecule has 0 bridgehead atoms. The molecule has 0 aliphatic rings. The van der Waals surface area contributed by atoms with Crippen molar-refractivity contribution in [3.05, 3.63) is 65.2 Å². The van der Waals surface area contributed by atoms with E-state index in [4.69, 9.17) is 4.74 Å². The van der Waals surface area contributed by atoms with Crippen molar-refractivity contribution in [1.29, 1.82) is 0 Å². The monoisotopic (exact) mass is 334 g/mol. The van der Waals surface area contributed by atoms with Crippen molar-refractivity contribution in [1.82, 2.24) is 10.9 Å². The fraction of sp³-hybridized carbons (Fsp3) is 0.176. The number of benzene rings is 2. The van der Waals surface area contributed by atoms with Gasteiger partial charge in [-0.3, -0.25) is 20.4 Å². The number of halogens is 2. The SMILES string of the molecule is CCc1ccccc1OCC(=O)NNC(=O)c1cc(F)cc(F)c1. The predicted octanol–water partition coefficient (Wildman–Crippen LogP) is 2.37. The summed E-state index contributed by atoms with van der Waals surface area (Å²) in [6.45, 7) is 1.65. The highest BCUT2D eigenvalue weighted by atomic mass is 19.1. The zero-order valence-electron chi connectivity index (χ0n) is 12.9. The molecule has 0 aliphatic carbocycles. The Morgan fingerprint density at radius 2 is 1.71 bits per heavy atom. The highest BCUT2D eigenvalue weighted by molar-refractivity contribution is 5.95. The van der Waals surface area contributed by atoms with Crippen LogP contribution >= 0.6 is 0 Å². The third kappa shape index (κ3) is 4.77. The third-order valence-corrected chi connectivity index (χ3v) is 3.15. The van der Waals surface area contributed by atoms with E-state index in [1.54, 1.807) is 12.1 Å². The van der Waals surface area contributed by atoms with Gasteiger partial charge in [0, 0.05) is 11.6 Å². The van der Waals surface area contributed by atoms with Crippen LogP contribution in [0, 0.1) is 11.6 Å². The highest BCUT2D eigenvalue weighted by Gasteiger charge is 2.11. The lowest BCUT2D eigenvalue weighted by Crippen LogP contribution is -2.43. The van der Waals surface area contributed by atoms with Crippen molar-refractivity contribution in [3.8, 4) is 5.75 Å². The lowest BCUT2D eigenvalue weighted by atomic mass is 10.1. The van der Waals surface area contributed by atoms with Crippen molar-refractivity contribution in [2.75, 3.05) is 6.61 Å². The Balaban J connectivity index is 1.85. The second-order valence-electron chi connectivity index (χ2n) is 4.91. The quantitative estimate of drug-likeness (QED) is 0.825. The zero-order chi connectivity index (χ0) is 17.5. The molecule has 0 heterocycles. The summed E-state index contributed by atoms with van der Waals surface area (Å²) in [6, 6.07) is 9.63. The van der Waals surface area contributed by atoms with E-state index in [1.165, 1.54) is 0 Å². The van der Waals surface area contributed by atoms with Gasteiger partial charge in [-0.15, -0.1) is 0 Å². The molecule has 0 aromatic heterocycles. The first kappa shape index (κ1) is 17.4. The molecule has 7 heteroatoms. The van der Waals surface area contributed by atoms with Crippen LogP contribution < -0.4 is 15.6 Å². The number of hydrazine groups is 1. The van der Waals surface area contributed by atoms with Gasteiger partial charge in [0.25, 0.3) is 11.8 Å². The van der Waals surface area contributed by atoms with Gasteiger partial charge in [0.1, 0.15) is 17.4 Å². The van der Waals surface area contributed by atoms with E-state index in [2.05, 4.69) is 10.9 Å². The molecule has 24 heavy (non-hydrogen) atoms. The van der Waals surface area contributed by atoms with Gasteiger partial charge in [0.05, 0.1) is 0 Å². The van der Waals surface area contributed by atoms with Crippen LogP contribution in [0.25, 0.3) is 0 Å². The van der Waals surface area contributed by atoms with Crippen LogP contribution in [0.5, 0.6) is 5.75 Å². The van der Waals surface area contributed by atoms with E-state index in [0.717, 1.165) is 24.1 Å². The number of rotatable bonds is 5. The van der Waals surface area contributed by atoms with Crippen LogP contribution in [-0.4, -0.2) is 18.4 Å². The summed E-state index contributed by atoms with van der Waals surface area (Å²) in [4.78, 5) is 23.4. The summed E-state index contributed by atoms with van der Waals surface area (Å²) in [5.41, 5.74) is 4.89. The van der Waals surface area contributed by atoms with E-state index in [-0.39, 0.29) is 12.2 Å².